The van der Waals surface area contributed by atoms with Crippen molar-refractivity contribution < 1.29 is 21.6 Å². The van der Waals surface area contributed by atoms with Crippen LogP contribution in [0.5, 0.6) is 0 Å². The molecule has 0 unspecified atom stereocenters. The highest BCUT2D eigenvalue weighted by Gasteiger charge is 2.40. The lowest BCUT2D eigenvalue weighted by Gasteiger charge is -2.27. The van der Waals surface area contributed by atoms with Crippen LogP contribution in [0, 0.1) is 6.92 Å². The predicted molar refractivity (Wildman–Crippen MR) is 73.7 cm³/mol. The largest absolute Gasteiger partial charge is 0.402 e. The molecule has 0 aliphatic carbocycles. The maximum atomic E-state index is 12.6. The van der Waals surface area contributed by atoms with Crippen molar-refractivity contribution in [3.05, 3.63) is 15.8 Å². The Kier molecular flexibility index (Phi) is 5.51. The summed E-state index contributed by atoms with van der Waals surface area (Å²) >= 11 is 6.81. The summed E-state index contributed by atoms with van der Waals surface area (Å²) in [4.78, 5) is 0.257. The Morgan fingerprint density at radius 2 is 1.95 bits per heavy atom. The quantitative estimate of drug-likeness (QED) is 0.759. The van der Waals surface area contributed by atoms with Crippen molar-refractivity contribution in [3.63, 3.8) is 0 Å². The fourth-order valence-electron chi connectivity index (χ4n) is 1.76. The molecule has 0 aliphatic heterocycles. The molecule has 0 spiro atoms. The number of hydrogen-bond acceptors (Lipinski definition) is 3. The lowest BCUT2D eigenvalue weighted by Crippen LogP contribution is -2.43. The van der Waals surface area contributed by atoms with Crippen LogP contribution >= 0.6 is 22.9 Å². The van der Waals surface area contributed by atoms with Gasteiger partial charge in [0.1, 0.15) is 11.4 Å². The van der Waals surface area contributed by atoms with Gasteiger partial charge in [-0.2, -0.15) is 17.5 Å². The summed E-state index contributed by atoms with van der Waals surface area (Å²) in [6.07, 6.45) is -4.59. The Morgan fingerprint density at radius 3 is 2.35 bits per heavy atom. The molecule has 0 bridgehead atoms. The van der Waals surface area contributed by atoms with Gasteiger partial charge >= 0.3 is 6.18 Å². The third-order valence-electron chi connectivity index (χ3n) is 2.59. The lowest BCUT2D eigenvalue weighted by molar-refractivity contribution is -0.138. The van der Waals surface area contributed by atoms with Crippen molar-refractivity contribution in [1.82, 2.24) is 4.31 Å². The Bertz CT molecular complexity index is 567. The standard InChI is InChI=1S/C11H15ClF3NO2S2/c1-7(2)16(6-11(13,14)15)20(17,18)10-8(3)5-19-9(10)4-12/h5,7H,4,6H2,1-3H3. The van der Waals surface area contributed by atoms with Crippen LogP contribution in [-0.2, 0) is 15.9 Å². The molecule has 1 heterocycles. The predicted octanol–water partition coefficient (Wildman–Crippen LogP) is 3.76. The Balaban J connectivity index is 3.34. The van der Waals surface area contributed by atoms with E-state index in [2.05, 4.69) is 0 Å². The van der Waals surface area contributed by atoms with E-state index in [0.717, 1.165) is 11.3 Å². The maximum Gasteiger partial charge on any atom is 0.402 e. The molecule has 3 nitrogen and oxygen atoms in total. The molecule has 0 atom stereocenters. The third-order valence-corrected chi connectivity index (χ3v) is 6.50. The van der Waals surface area contributed by atoms with Gasteiger partial charge in [0.2, 0.25) is 10.0 Å². The second-order valence-corrected chi connectivity index (χ2v) is 7.62. The van der Waals surface area contributed by atoms with Gasteiger partial charge in [-0.25, -0.2) is 8.42 Å². The van der Waals surface area contributed by atoms with Crippen molar-refractivity contribution >= 4 is 33.0 Å². The van der Waals surface area contributed by atoms with Gasteiger partial charge in [-0.15, -0.1) is 22.9 Å². The van der Waals surface area contributed by atoms with Crippen molar-refractivity contribution in [2.45, 2.75) is 43.8 Å². The number of halogens is 4. The first kappa shape index (κ1) is 17.7. The molecule has 1 aromatic rings. The normalized spacial score (nSPS) is 13.4. The smallest absolute Gasteiger partial charge is 0.207 e. The highest BCUT2D eigenvalue weighted by molar-refractivity contribution is 7.89. The second-order valence-electron chi connectivity index (χ2n) is 4.56. The molecule has 0 aliphatic rings. The summed E-state index contributed by atoms with van der Waals surface area (Å²) in [7, 11) is -4.22. The van der Waals surface area contributed by atoms with E-state index in [-0.39, 0.29) is 10.8 Å². The van der Waals surface area contributed by atoms with Gasteiger partial charge in [0.15, 0.2) is 0 Å². The first-order valence-corrected chi connectivity index (χ1v) is 8.57. The van der Waals surface area contributed by atoms with Crippen molar-refractivity contribution in [2.75, 3.05) is 6.54 Å². The molecule has 0 radical (unpaired) electrons. The van der Waals surface area contributed by atoms with Crippen molar-refractivity contribution in [3.8, 4) is 0 Å². The molecule has 0 aromatic carbocycles. The van der Waals surface area contributed by atoms with Crippen LogP contribution in [0.15, 0.2) is 10.3 Å². The summed E-state index contributed by atoms with van der Waals surface area (Å²) in [6, 6.07) is -0.802. The van der Waals surface area contributed by atoms with Crippen LogP contribution in [0.2, 0.25) is 0 Å². The van der Waals surface area contributed by atoms with Gasteiger partial charge in [-0.1, -0.05) is 0 Å². The van der Waals surface area contributed by atoms with Gasteiger partial charge in [-0.05, 0) is 31.7 Å². The van der Waals surface area contributed by atoms with Gasteiger partial charge in [0.05, 0.1) is 5.88 Å². The molecule has 116 valence electrons. The summed E-state index contributed by atoms with van der Waals surface area (Å²) in [5, 5.41) is 1.58. The van der Waals surface area contributed by atoms with E-state index in [1.807, 2.05) is 0 Å². The molecule has 0 amide bonds. The average Bonchev–Trinajstić information content (AvgIpc) is 2.66. The molecular weight excluding hydrogens is 335 g/mol. The Labute approximate surface area is 125 Å². The molecule has 1 rings (SSSR count). The Morgan fingerprint density at radius 1 is 1.40 bits per heavy atom. The van der Waals surface area contributed by atoms with Gasteiger partial charge in [-0.3, -0.25) is 0 Å². The van der Waals surface area contributed by atoms with Crippen LogP contribution in [-0.4, -0.2) is 31.5 Å². The topological polar surface area (TPSA) is 37.4 Å². The van der Waals surface area contributed by atoms with E-state index in [4.69, 9.17) is 11.6 Å². The van der Waals surface area contributed by atoms with E-state index in [9.17, 15) is 21.6 Å². The van der Waals surface area contributed by atoms with Crippen molar-refractivity contribution in [2.24, 2.45) is 0 Å². The number of nitrogens with zero attached hydrogens (tertiary/aromatic N) is 1. The molecular formula is C11H15ClF3NO2S2. The Hall–Kier alpha value is -0.310. The molecule has 20 heavy (non-hydrogen) atoms. The fraction of sp³-hybridized carbons (Fsp3) is 0.636. The molecule has 0 N–H and O–H groups in total. The van der Waals surface area contributed by atoms with Crippen LogP contribution in [0.4, 0.5) is 13.2 Å². The zero-order valence-electron chi connectivity index (χ0n) is 11.2. The summed E-state index contributed by atoms with van der Waals surface area (Å²) < 4.78 is 63.2. The summed E-state index contributed by atoms with van der Waals surface area (Å²) in [5.41, 5.74) is 0.415. The SMILES string of the molecule is Cc1csc(CCl)c1S(=O)(=O)N(CC(F)(F)F)C(C)C. The number of alkyl halides is 4. The fourth-order valence-corrected chi connectivity index (χ4v) is 5.40. The summed E-state index contributed by atoms with van der Waals surface area (Å²) in [5.74, 6) is -0.0506. The van der Waals surface area contributed by atoms with Crippen LogP contribution < -0.4 is 0 Å². The zero-order valence-corrected chi connectivity index (χ0v) is 13.5. The van der Waals surface area contributed by atoms with Crippen LogP contribution in [0.3, 0.4) is 0 Å². The first-order chi connectivity index (χ1) is 9.00. The average molecular weight is 350 g/mol. The second kappa shape index (κ2) is 6.21. The van der Waals surface area contributed by atoms with E-state index in [1.165, 1.54) is 13.8 Å². The van der Waals surface area contributed by atoms with Gasteiger partial charge < -0.3 is 0 Å². The molecule has 1 aromatic heterocycles. The lowest BCUT2D eigenvalue weighted by atomic mass is 10.3. The first-order valence-electron chi connectivity index (χ1n) is 5.72. The number of thiophene rings is 1. The minimum absolute atomic E-state index is 0.0506. The van der Waals surface area contributed by atoms with Crippen molar-refractivity contribution in [1.29, 1.82) is 0 Å². The molecule has 0 saturated carbocycles. The van der Waals surface area contributed by atoms with Gasteiger partial charge in [0.25, 0.3) is 0 Å². The molecule has 9 heteroatoms. The van der Waals surface area contributed by atoms with E-state index < -0.39 is 28.8 Å². The summed E-state index contributed by atoms with van der Waals surface area (Å²) in [6.45, 7) is 2.85. The number of hydrogen-bond donors (Lipinski definition) is 0. The minimum atomic E-state index is -4.59. The number of rotatable bonds is 5. The minimum Gasteiger partial charge on any atom is -0.207 e. The maximum absolute atomic E-state index is 12.6. The highest BCUT2D eigenvalue weighted by Crippen LogP contribution is 2.33. The monoisotopic (exact) mass is 349 g/mol. The highest BCUT2D eigenvalue weighted by atomic mass is 35.5. The number of sulfonamides is 1. The van der Waals surface area contributed by atoms with Crippen LogP contribution in [0.1, 0.15) is 24.3 Å². The van der Waals surface area contributed by atoms with Crippen LogP contribution in [0.25, 0.3) is 0 Å². The van der Waals surface area contributed by atoms with Gasteiger partial charge in [0, 0.05) is 10.9 Å². The molecule has 0 saturated heterocycles. The number of aryl methyl sites for hydroxylation is 1. The van der Waals surface area contributed by atoms with E-state index in [1.54, 1.807) is 12.3 Å². The van der Waals surface area contributed by atoms with E-state index in [0.29, 0.717) is 14.7 Å². The zero-order chi connectivity index (χ0) is 15.7. The van der Waals surface area contributed by atoms with E-state index >= 15 is 0 Å². The third kappa shape index (κ3) is 3.87. The molecule has 0 fully saturated rings.